The van der Waals surface area contributed by atoms with E-state index in [0.29, 0.717) is 19.5 Å². The maximum Gasteiger partial charge on any atom is 0.247 e. The molecular formula is C29H44BrN3O4S. The maximum atomic E-state index is 14.7. The highest BCUT2D eigenvalue weighted by Gasteiger charge is 2.76. The van der Waals surface area contributed by atoms with E-state index >= 15 is 0 Å². The van der Waals surface area contributed by atoms with Crippen molar-refractivity contribution >= 4 is 45.4 Å². The fraction of sp³-hybridized carbons (Fsp3) is 0.759. The quantitative estimate of drug-likeness (QED) is 0.284. The summed E-state index contributed by atoms with van der Waals surface area (Å²) in [5, 5.41) is 10.5. The van der Waals surface area contributed by atoms with E-state index in [0.717, 1.165) is 32.1 Å². The lowest BCUT2D eigenvalue weighted by Gasteiger charge is -2.43. The fourth-order valence-electron chi connectivity index (χ4n) is 7.45. The molecule has 4 rings (SSSR count). The monoisotopic (exact) mass is 609 g/mol. The van der Waals surface area contributed by atoms with Crippen LogP contribution in [-0.4, -0.2) is 97.2 Å². The third kappa shape index (κ3) is 4.78. The minimum atomic E-state index is -0.717. The molecule has 3 unspecified atom stereocenters. The number of amides is 3. The SMILES string of the molecule is C=CCN(C)C(=O)[C@H]1[C@@H]2SC3(CC2Br)C(C(=O)N(CC=C)C2CCCCC2)N([C@@H](CO)[C@@H](C)CC)C(=O)[C@H]13. The Balaban J connectivity index is 1.82. The van der Waals surface area contributed by atoms with Crippen LogP contribution in [0.25, 0.3) is 0 Å². The van der Waals surface area contributed by atoms with E-state index in [1.165, 1.54) is 6.42 Å². The molecular weight excluding hydrogens is 566 g/mol. The number of aliphatic hydroxyl groups is 1. The van der Waals surface area contributed by atoms with Crippen LogP contribution in [0.1, 0.15) is 58.8 Å². The van der Waals surface area contributed by atoms with Gasteiger partial charge in [0.1, 0.15) is 6.04 Å². The van der Waals surface area contributed by atoms with Crippen LogP contribution in [0.4, 0.5) is 0 Å². The molecule has 0 aromatic rings. The molecule has 1 saturated carbocycles. The molecule has 212 valence electrons. The molecule has 8 atom stereocenters. The summed E-state index contributed by atoms with van der Waals surface area (Å²) in [6, 6.07) is -1.07. The van der Waals surface area contributed by atoms with Crippen LogP contribution >= 0.6 is 27.7 Å². The number of likely N-dealkylation sites (N-methyl/N-ethyl adjacent to an activating group) is 1. The predicted octanol–water partition coefficient (Wildman–Crippen LogP) is 3.85. The topological polar surface area (TPSA) is 81.2 Å². The highest BCUT2D eigenvalue weighted by molar-refractivity contribution is 9.09. The van der Waals surface area contributed by atoms with Crippen molar-refractivity contribution < 1.29 is 19.5 Å². The Labute approximate surface area is 240 Å². The molecule has 38 heavy (non-hydrogen) atoms. The van der Waals surface area contributed by atoms with E-state index in [1.54, 1.807) is 40.8 Å². The molecule has 3 saturated heterocycles. The largest absolute Gasteiger partial charge is 0.394 e. The molecule has 4 fully saturated rings. The Morgan fingerprint density at radius 1 is 1.21 bits per heavy atom. The van der Waals surface area contributed by atoms with Crippen molar-refractivity contribution in [2.24, 2.45) is 17.8 Å². The van der Waals surface area contributed by atoms with Crippen LogP contribution in [0.5, 0.6) is 0 Å². The smallest absolute Gasteiger partial charge is 0.247 e. The third-order valence-corrected chi connectivity index (χ3v) is 12.7. The molecule has 1 N–H and O–H groups in total. The van der Waals surface area contributed by atoms with Gasteiger partial charge in [-0.25, -0.2) is 0 Å². The summed E-state index contributed by atoms with van der Waals surface area (Å²) in [6.07, 6.45) is 10.2. The molecule has 3 heterocycles. The lowest BCUT2D eigenvalue weighted by atomic mass is 9.70. The molecule has 9 heteroatoms. The number of rotatable bonds is 11. The number of aliphatic hydroxyl groups excluding tert-OH is 1. The number of carbonyl (C=O) groups excluding carboxylic acids is 3. The van der Waals surface area contributed by atoms with Gasteiger partial charge in [-0.05, 0) is 25.2 Å². The number of nitrogens with zero attached hydrogens (tertiary/aromatic N) is 3. The van der Waals surface area contributed by atoms with Crippen molar-refractivity contribution in [1.82, 2.24) is 14.7 Å². The molecule has 7 nitrogen and oxygen atoms in total. The van der Waals surface area contributed by atoms with Crippen LogP contribution < -0.4 is 0 Å². The Morgan fingerprint density at radius 3 is 2.45 bits per heavy atom. The molecule has 3 amide bonds. The molecule has 0 aromatic heterocycles. The minimum absolute atomic E-state index is 0.0107. The standard InChI is InChI=1S/C29H44BrN3O4S/c1-6-14-31(5)26(35)22-23-27(36)33(21(17-34)18(4)8-3)25(29(23)16-20(30)24(22)38-29)28(37)32(15-7-2)19-12-10-9-11-13-19/h6-7,18-25,34H,1-2,8-17H2,3-5H3/t18-,20?,21-,22+,23-,24+,25?,29?/m0/s1. The second kappa shape index (κ2) is 12.0. The molecule has 2 bridgehead atoms. The van der Waals surface area contributed by atoms with Gasteiger partial charge < -0.3 is 19.8 Å². The van der Waals surface area contributed by atoms with Crippen molar-refractivity contribution in [1.29, 1.82) is 0 Å². The summed E-state index contributed by atoms with van der Waals surface area (Å²) in [7, 11) is 1.75. The van der Waals surface area contributed by atoms with Gasteiger partial charge in [-0.3, -0.25) is 14.4 Å². The number of alkyl halides is 1. The first-order chi connectivity index (χ1) is 18.2. The van der Waals surface area contributed by atoms with Gasteiger partial charge in [-0.15, -0.1) is 24.9 Å². The van der Waals surface area contributed by atoms with Crippen LogP contribution in [0, 0.1) is 17.8 Å². The third-order valence-electron chi connectivity index (χ3n) is 9.49. The molecule has 3 aliphatic heterocycles. The second-order valence-corrected chi connectivity index (χ2v) is 14.3. The van der Waals surface area contributed by atoms with Gasteiger partial charge in [0.25, 0.3) is 0 Å². The number of thioether (sulfide) groups is 1. The lowest BCUT2D eigenvalue weighted by molar-refractivity contribution is -0.149. The van der Waals surface area contributed by atoms with Gasteiger partial charge in [-0.1, -0.05) is 67.6 Å². The number of likely N-dealkylation sites (tertiary alicyclic amines) is 1. The first-order valence-electron chi connectivity index (χ1n) is 14.2. The average molecular weight is 611 g/mol. The number of hydrogen-bond acceptors (Lipinski definition) is 5. The van der Waals surface area contributed by atoms with E-state index in [4.69, 9.17) is 0 Å². The Hall–Kier alpha value is -1.32. The van der Waals surface area contributed by atoms with Crippen molar-refractivity contribution in [2.75, 3.05) is 26.7 Å². The summed E-state index contributed by atoms with van der Waals surface area (Å²) < 4.78 is -0.711. The summed E-state index contributed by atoms with van der Waals surface area (Å²) >= 11 is 5.51. The van der Waals surface area contributed by atoms with Crippen molar-refractivity contribution in [3.63, 3.8) is 0 Å². The summed E-state index contributed by atoms with van der Waals surface area (Å²) in [5.41, 5.74) is 0. The number of halogens is 1. The van der Waals surface area contributed by atoms with E-state index in [-0.39, 0.29) is 46.4 Å². The highest BCUT2D eigenvalue weighted by atomic mass is 79.9. The van der Waals surface area contributed by atoms with Crippen molar-refractivity contribution in [2.45, 2.75) is 91.7 Å². The minimum Gasteiger partial charge on any atom is -0.394 e. The predicted molar refractivity (Wildman–Crippen MR) is 156 cm³/mol. The number of hydrogen-bond donors (Lipinski definition) is 1. The zero-order chi connectivity index (χ0) is 27.8. The van der Waals surface area contributed by atoms with E-state index < -0.39 is 28.7 Å². The van der Waals surface area contributed by atoms with Crippen molar-refractivity contribution in [3.05, 3.63) is 25.3 Å². The zero-order valence-corrected chi connectivity index (χ0v) is 25.5. The maximum absolute atomic E-state index is 14.7. The Kier molecular flexibility index (Phi) is 9.40. The van der Waals surface area contributed by atoms with Crippen LogP contribution in [0.15, 0.2) is 25.3 Å². The van der Waals surface area contributed by atoms with E-state index in [1.807, 2.05) is 18.7 Å². The number of carbonyl (C=O) groups is 3. The second-order valence-electron chi connectivity index (χ2n) is 11.6. The summed E-state index contributed by atoms with van der Waals surface area (Å²) in [5.74, 6) is -1.36. The van der Waals surface area contributed by atoms with Crippen molar-refractivity contribution in [3.8, 4) is 0 Å². The Bertz CT molecular complexity index is 943. The fourth-order valence-corrected chi connectivity index (χ4v) is 11.0. The van der Waals surface area contributed by atoms with E-state index in [9.17, 15) is 19.5 Å². The average Bonchev–Trinajstić information content (AvgIpc) is 3.51. The van der Waals surface area contributed by atoms with Crippen LogP contribution in [-0.2, 0) is 14.4 Å². The van der Waals surface area contributed by atoms with Gasteiger partial charge in [0, 0.05) is 36.3 Å². The molecule has 4 aliphatic rings. The van der Waals surface area contributed by atoms with E-state index in [2.05, 4.69) is 29.1 Å². The first-order valence-corrected chi connectivity index (χ1v) is 16.0. The molecule has 0 radical (unpaired) electrons. The molecule has 1 aliphatic carbocycles. The first kappa shape index (κ1) is 29.7. The van der Waals surface area contributed by atoms with Gasteiger partial charge in [0.2, 0.25) is 17.7 Å². The van der Waals surface area contributed by atoms with Crippen LogP contribution in [0.3, 0.4) is 0 Å². The Morgan fingerprint density at radius 2 is 1.87 bits per heavy atom. The number of fused-ring (bicyclic) bond motifs is 1. The summed E-state index contributed by atoms with van der Waals surface area (Å²) in [6.45, 7) is 12.4. The van der Waals surface area contributed by atoms with Gasteiger partial charge in [0.15, 0.2) is 0 Å². The molecule has 0 aromatic carbocycles. The van der Waals surface area contributed by atoms with Crippen LogP contribution in [0.2, 0.25) is 0 Å². The highest BCUT2D eigenvalue weighted by Crippen LogP contribution is 2.68. The van der Waals surface area contributed by atoms with Gasteiger partial charge in [0.05, 0.1) is 29.2 Å². The normalized spacial score (nSPS) is 34.1. The molecule has 1 spiro atoms. The zero-order valence-electron chi connectivity index (χ0n) is 23.1. The van der Waals surface area contributed by atoms with Gasteiger partial charge >= 0.3 is 0 Å². The van der Waals surface area contributed by atoms with Gasteiger partial charge in [-0.2, -0.15) is 0 Å². The summed E-state index contributed by atoms with van der Waals surface area (Å²) in [4.78, 5) is 48.3. The lowest BCUT2D eigenvalue weighted by Crippen LogP contribution is -2.60.